The highest BCUT2D eigenvalue weighted by atomic mass is 16.1. The molecule has 2 nitrogen and oxygen atoms in total. The van der Waals surface area contributed by atoms with E-state index in [1.54, 1.807) is 6.20 Å². The molecule has 0 bridgehead atoms. The van der Waals surface area contributed by atoms with Crippen LogP contribution in [-0.2, 0) is 6.42 Å². The monoisotopic (exact) mass is 189 g/mol. The molecule has 0 spiro atoms. The van der Waals surface area contributed by atoms with Crippen molar-refractivity contribution in [1.29, 1.82) is 0 Å². The first kappa shape index (κ1) is 9.38. The molecule has 2 unspecified atom stereocenters. The van der Waals surface area contributed by atoms with Crippen molar-refractivity contribution in [2.45, 2.75) is 32.6 Å². The molecule has 0 aromatic carbocycles. The predicted octanol–water partition coefficient (Wildman–Crippen LogP) is 2.58. The van der Waals surface area contributed by atoms with E-state index in [9.17, 15) is 4.79 Å². The molecule has 1 heterocycles. The van der Waals surface area contributed by atoms with Gasteiger partial charge in [0.05, 0.1) is 0 Å². The third kappa shape index (κ3) is 1.57. The van der Waals surface area contributed by atoms with Crippen molar-refractivity contribution < 1.29 is 4.79 Å². The first-order chi connectivity index (χ1) is 6.70. The number of fused-ring (bicyclic) bond motifs is 1. The summed E-state index contributed by atoms with van der Waals surface area (Å²) >= 11 is 0. The van der Waals surface area contributed by atoms with Gasteiger partial charge in [0.2, 0.25) is 0 Å². The van der Waals surface area contributed by atoms with Crippen molar-refractivity contribution in [3.63, 3.8) is 0 Å². The topological polar surface area (TPSA) is 30.0 Å². The van der Waals surface area contributed by atoms with Gasteiger partial charge < -0.3 is 0 Å². The van der Waals surface area contributed by atoms with E-state index in [-0.39, 0.29) is 0 Å². The summed E-state index contributed by atoms with van der Waals surface area (Å²) in [5.74, 6) is 1.25. The van der Waals surface area contributed by atoms with Crippen molar-refractivity contribution in [2.24, 2.45) is 5.92 Å². The van der Waals surface area contributed by atoms with Gasteiger partial charge in [0.15, 0.2) is 6.29 Å². The molecule has 1 aromatic rings. The van der Waals surface area contributed by atoms with E-state index in [0.717, 1.165) is 12.7 Å². The summed E-state index contributed by atoms with van der Waals surface area (Å²) in [6, 6.07) is 1.99. The molecule has 0 amide bonds. The van der Waals surface area contributed by atoms with E-state index in [4.69, 9.17) is 0 Å². The third-order valence-corrected chi connectivity index (χ3v) is 2.95. The fraction of sp³-hybridized carbons (Fsp3) is 0.500. The van der Waals surface area contributed by atoms with Gasteiger partial charge in [0, 0.05) is 17.5 Å². The maximum Gasteiger partial charge on any atom is 0.151 e. The van der Waals surface area contributed by atoms with Crippen LogP contribution in [0.25, 0.3) is 0 Å². The lowest BCUT2D eigenvalue weighted by molar-refractivity contribution is 0.112. The molecule has 0 N–H and O–H groups in total. The van der Waals surface area contributed by atoms with Gasteiger partial charge in [-0.05, 0) is 36.3 Å². The molecule has 2 rings (SSSR count). The van der Waals surface area contributed by atoms with Crippen molar-refractivity contribution in [1.82, 2.24) is 4.98 Å². The molecule has 1 aromatic heterocycles. The lowest BCUT2D eigenvalue weighted by Gasteiger charge is -2.26. The second-order valence-corrected chi connectivity index (χ2v) is 4.38. The Labute approximate surface area is 84.4 Å². The number of rotatable bonds is 1. The Hall–Kier alpha value is -1.18. The van der Waals surface area contributed by atoms with Gasteiger partial charge in [-0.2, -0.15) is 0 Å². The molecule has 1 aliphatic rings. The molecular formula is C12H15NO. The van der Waals surface area contributed by atoms with Crippen LogP contribution in [0.2, 0.25) is 0 Å². The van der Waals surface area contributed by atoms with E-state index in [0.29, 0.717) is 17.4 Å². The Morgan fingerprint density at radius 3 is 3.00 bits per heavy atom. The maximum absolute atomic E-state index is 10.6. The smallest absolute Gasteiger partial charge is 0.151 e. The second-order valence-electron chi connectivity index (χ2n) is 4.38. The van der Waals surface area contributed by atoms with E-state index in [2.05, 4.69) is 18.8 Å². The molecular weight excluding hydrogens is 174 g/mol. The average molecular weight is 189 g/mol. The Balaban J connectivity index is 2.43. The van der Waals surface area contributed by atoms with Crippen molar-refractivity contribution in [3.8, 4) is 0 Å². The van der Waals surface area contributed by atoms with Crippen LogP contribution >= 0.6 is 0 Å². The maximum atomic E-state index is 10.6. The number of carbonyl (C=O) groups excluding carboxylic acids is 1. The fourth-order valence-electron chi connectivity index (χ4n) is 2.38. The minimum absolute atomic E-state index is 0.537. The van der Waals surface area contributed by atoms with Crippen LogP contribution in [0.4, 0.5) is 0 Å². The van der Waals surface area contributed by atoms with E-state index >= 15 is 0 Å². The lowest BCUT2D eigenvalue weighted by Crippen LogP contribution is -2.16. The van der Waals surface area contributed by atoms with Gasteiger partial charge in [0.25, 0.3) is 0 Å². The standard InChI is InChI=1S/C12H15NO/c1-8-3-9(2)12-11(4-8)5-10(7-14)6-13-12/h5-9H,3-4H2,1-2H3. The van der Waals surface area contributed by atoms with Crippen LogP contribution in [0.3, 0.4) is 0 Å². The zero-order valence-electron chi connectivity index (χ0n) is 8.66. The number of aromatic nitrogens is 1. The molecule has 74 valence electrons. The summed E-state index contributed by atoms with van der Waals surface area (Å²) in [7, 11) is 0. The Morgan fingerprint density at radius 1 is 1.50 bits per heavy atom. The minimum atomic E-state index is 0.537. The van der Waals surface area contributed by atoms with Gasteiger partial charge in [-0.15, -0.1) is 0 Å². The summed E-state index contributed by atoms with van der Waals surface area (Å²) in [6.45, 7) is 4.47. The van der Waals surface area contributed by atoms with Crippen molar-refractivity contribution >= 4 is 6.29 Å². The first-order valence-corrected chi connectivity index (χ1v) is 5.14. The van der Waals surface area contributed by atoms with Gasteiger partial charge in [-0.3, -0.25) is 9.78 Å². The van der Waals surface area contributed by atoms with Gasteiger partial charge in [0.1, 0.15) is 0 Å². The van der Waals surface area contributed by atoms with Gasteiger partial charge >= 0.3 is 0 Å². The molecule has 0 fully saturated rings. The summed E-state index contributed by atoms with van der Waals surface area (Å²) in [4.78, 5) is 15.0. The zero-order valence-corrected chi connectivity index (χ0v) is 8.66. The fourth-order valence-corrected chi connectivity index (χ4v) is 2.38. The highest BCUT2D eigenvalue weighted by Gasteiger charge is 2.22. The number of carbonyl (C=O) groups is 1. The first-order valence-electron chi connectivity index (χ1n) is 5.14. The molecule has 0 saturated heterocycles. The Bertz CT molecular complexity index is 359. The Morgan fingerprint density at radius 2 is 2.29 bits per heavy atom. The van der Waals surface area contributed by atoms with E-state index in [1.165, 1.54) is 17.7 Å². The van der Waals surface area contributed by atoms with Crippen LogP contribution in [0.1, 0.15) is 47.8 Å². The normalized spacial score (nSPS) is 25.6. The number of hydrogen-bond donors (Lipinski definition) is 0. The summed E-state index contributed by atoms with van der Waals surface area (Å²) in [5, 5.41) is 0. The SMILES string of the molecule is CC1Cc2cc(C=O)cnc2C(C)C1. The number of pyridine rings is 1. The predicted molar refractivity (Wildman–Crippen MR) is 55.5 cm³/mol. The molecule has 1 aliphatic carbocycles. The van der Waals surface area contributed by atoms with Crippen molar-refractivity contribution in [3.05, 3.63) is 29.1 Å². The molecule has 0 radical (unpaired) electrons. The highest BCUT2D eigenvalue weighted by Crippen LogP contribution is 2.32. The summed E-state index contributed by atoms with van der Waals surface area (Å²) in [5.41, 5.74) is 3.15. The van der Waals surface area contributed by atoms with Crippen LogP contribution in [0, 0.1) is 5.92 Å². The molecule has 0 aliphatic heterocycles. The van der Waals surface area contributed by atoms with Gasteiger partial charge in [-0.25, -0.2) is 0 Å². The number of hydrogen-bond acceptors (Lipinski definition) is 2. The van der Waals surface area contributed by atoms with Crippen LogP contribution in [-0.4, -0.2) is 11.3 Å². The average Bonchev–Trinajstić information content (AvgIpc) is 2.16. The summed E-state index contributed by atoms with van der Waals surface area (Å²) in [6.07, 6.45) is 4.82. The minimum Gasteiger partial charge on any atom is -0.298 e. The quantitative estimate of drug-likeness (QED) is 0.635. The highest BCUT2D eigenvalue weighted by molar-refractivity contribution is 5.74. The van der Waals surface area contributed by atoms with Gasteiger partial charge in [-0.1, -0.05) is 13.8 Å². The summed E-state index contributed by atoms with van der Waals surface area (Å²) < 4.78 is 0. The number of nitrogens with zero attached hydrogens (tertiary/aromatic N) is 1. The molecule has 2 atom stereocenters. The molecule has 2 heteroatoms. The van der Waals surface area contributed by atoms with E-state index < -0.39 is 0 Å². The largest absolute Gasteiger partial charge is 0.298 e. The number of aldehydes is 1. The molecule has 14 heavy (non-hydrogen) atoms. The van der Waals surface area contributed by atoms with E-state index in [1.807, 2.05) is 6.07 Å². The molecule has 0 saturated carbocycles. The Kier molecular flexibility index (Phi) is 2.36. The zero-order chi connectivity index (χ0) is 10.1. The van der Waals surface area contributed by atoms with Crippen LogP contribution < -0.4 is 0 Å². The van der Waals surface area contributed by atoms with Crippen LogP contribution in [0.5, 0.6) is 0 Å². The third-order valence-electron chi connectivity index (χ3n) is 2.95. The van der Waals surface area contributed by atoms with Crippen molar-refractivity contribution in [2.75, 3.05) is 0 Å². The second kappa shape index (κ2) is 3.52. The lowest BCUT2D eigenvalue weighted by atomic mass is 9.81. The van der Waals surface area contributed by atoms with Crippen LogP contribution in [0.15, 0.2) is 12.3 Å².